The van der Waals surface area contributed by atoms with E-state index in [1.54, 1.807) is 11.3 Å². The van der Waals surface area contributed by atoms with Crippen molar-refractivity contribution in [3.63, 3.8) is 0 Å². The van der Waals surface area contributed by atoms with Crippen molar-refractivity contribution in [3.05, 3.63) is 16.1 Å². The smallest absolute Gasteiger partial charge is 0.194 e. The normalized spacial score (nSPS) is 21.7. The second-order valence-electron chi connectivity index (χ2n) is 6.50. The number of nitrogens with one attached hydrogen (secondary N) is 1. The van der Waals surface area contributed by atoms with Gasteiger partial charge in [0.15, 0.2) is 5.96 Å². The second kappa shape index (κ2) is 7.88. The molecular weight excluding hydrogens is 324 g/mol. The van der Waals surface area contributed by atoms with E-state index in [0.29, 0.717) is 4.75 Å². The molecule has 2 aliphatic rings. The predicted molar refractivity (Wildman–Crippen MR) is 102 cm³/mol. The largest absolute Gasteiger partial charge is 0.351 e. The average molecular weight is 353 g/mol. The Hall–Kier alpha value is -0.750. The van der Waals surface area contributed by atoms with E-state index in [2.05, 4.69) is 44.3 Å². The number of aromatic nitrogens is 1. The number of rotatable bonds is 3. The fourth-order valence-electron chi connectivity index (χ4n) is 3.62. The van der Waals surface area contributed by atoms with E-state index in [1.807, 2.05) is 7.05 Å². The summed E-state index contributed by atoms with van der Waals surface area (Å²) in [6.45, 7) is 5.18. The molecule has 23 heavy (non-hydrogen) atoms. The summed E-state index contributed by atoms with van der Waals surface area (Å²) in [6, 6.07) is 0. The molecule has 1 aromatic heterocycles. The third kappa shape index (κ3) is 4.21. The van der Waals surface area contributed by atoms with Crippen molar-refractivity contribution in [2.75, 3.05) is 25.9 Å². The fourth-order valence-corrected chi connectivity index (χ4v) is 5.93. The minimum Gasteiger partial charge on any atom is -0.351 e. The van der Waals surface area contributed by atoms with Crippen LogP contribution in [0.3, 0.4) is 0 Å². The number of aliphatic imine (C=N–C) groups is 1. The molecule has 0 bridgehead atoms. The van der Waals surface area contributed by atoms with E-state index in [9.17, 15) is 0 Å². The maximum absolute atomic E-state index is 4.64. The van der Waals surface area contributed by atoms with E-state index in [-0.39, 0.29) is 0 Å². The highest BCUT2D eigenvalue weighted by Crippen LogP contribution is 2.42. The van der Waals surface area contributed by atoms with Crippen LogP contribution < -0.4 is 5.32 Å². The third-order valence-electron chi connectivity index (χ3n) is 4.85. The molecule has 128 valence electrons. The van der Waals surface area contributed by atoms with Crippen LogP contribution in [0.25, 0.3) is 0 Å². The van der Waals surface area contributed by atoms with Gasteiger partial charge >= 0.3 is 0 Å². The Balaban J connectivity index is 1.59. The van der Waals surface area contributed by atoms with Crippen molar-refractivity contribution in [2.24, 2.45) is 4.99 Å². The Morgan fingerprint density at radius 1 is 1.39 bits per heavy atom. The third-order valence-corrected chi connectivity index (χ3v) is 7.43. The van der Waals surface area contributed by atoms with Crippen LogP contribution >= 0.6 is 23.1 Å². The minimum absolute atomic E-state index is 0.476. The number of thioether (sulfide) groups is 1. The van der Waals surface area contributed by atoms with Crippen LogP contribution in [0.1, 0.15) is 49.7 Å². The lowest BCUT2D eigenvalue weighted by atomic mass is 9.87. The van der Waals surface area contributed by atoms with Crippen LogP contribution in [0.15, 0.2) is 10.4 Å². The van der Waals surface area contributed by atoms with Gasteiger partial charge < -0.3 is 10.2 Å². The van der Waals surface area contributed by atoms with Crippen LogP contribution in [-0.4, -0.2) is 46.5 Å². The Kier molecular flexibility index (Phi) is 5.85. The number of thiazole rings is 1. The van der Waals surface area contributed by atoms with Gasteiger partial charge in [-0.1, -0.05) is 26.2 Å². The summed E-state index contributed by atoms with van der Waals surface area (Å²) in [5.41, 5.74) is 1.13. The van der Waals surface area contributed by atoms with E-state index < -0.39 is 0 Å². The van der Waals surface area contributed by atoms with Gasteiger partial charge in [0.25, 0.3) is 0 Å². The maximum atomic E-state index is 4.64. The summed E-state index contributed by atoms with van der Waals surface area (Å²) < 4.78 is 0.476. The molecule has 4 nitrogen and oxygen atoms in total. The molecule has 6 heteroatoms. The average Bonchev–Trinajstić information content (AvgIpc) is 3.04. The lowest BCUT2D eigenvalue weighted by molar-refractivity contribution is 0.293. The van der Waals surface area contributed by atoms with Crippen molar-refractivity contribution in [1.82, 2.24) is 15.2 Å². The van der Waals surface area contributed by atoms with Crippen molar-refractivity contribution in [1.29, 1.82) is 0 Å². The first kappa shape index (κ1) is 17.1. The lowest BCUT2D eigenvalue weighted by Gasteiger charge is -2.45. The Labute approximate surface area is 148 Å². The monoisotopic (exact) mass is 352 g/mol. The maximum Gasteiger partial charge on any atom is 0.194 e. The van der Waals surface area contributed by atoms with Crippen LogP contribution in [0, 0.1) is 0 Å². The van der Waals surface area contributed by atoms with E-state index in [4.69, 9.17) is 0 Å². The summed E-state index contributed by atoms with van der Waals surface area (Å²) in [5, 5.41) is 6.90. The molecule has 1 saturated carbocycles. The molecule has 2 heterocycles. The highest BCUT2D eigenvalue weighted by Gasteiger charge is 2.38. The summed E-state index contributed by atoms with van der Waals surface area (Å²) in [7, 11) is 1.90. The van der Waals surface area contributed by atoms with E-state index in [0.717, 1.165) is 37.7 Å². The second-order valence-corrected chi connectivity index (χ2v) is 9.01. The van der Waals surface area contributed by atoms with Crippen molar-refractivity contribution >= 4 is 29.1 Å². The highest BCUT2D eigenvalue weighted by atomic mass is 32.2. The topological polar surface area (TPSA) is 40.5 Å². The SMILES string of the molecule is CCc1nc(CNC(=NC)N2CCSC3(CCCCC3)C2)cs1. The van der Waals surface area contributed by atoms with E-state index in [1.165, 1.54) is 42.9 Å². The van der Waals surface area contributed by atoms with Gasteiger partial charge in [0.2, 0.25) is 0 Å². The van der Waals surface area contributed by atoms with Gasteiger partial charge in [-0.05, 0) is 19.3 Å². The van der Waals surface area contributed by atoms with Gasteiger partial charge in [-0.25, -0.2) is 4.98 Å². The molecule has 1 aliphatic heterocycles. The zero-order valence-corrected chi connectivity index (χ0v) is 15.9. The van der Waals surface area contributed by atoms with Gasteiger partial charge in [-0.15, -0.1) is 11.3 Å². The molecule has 0 amide bonds. The predicted octanol–water partition coefficient (Wildman–Crippen LogP) is 3.53. The van der Waals surface area contributed by atoms with Gasteiger partial charge in [0.1, 0.15) is 0 Å². The number of guanidine groups is 1. The minimum atomic E-state index is 0.476. The van der Waals surface area contributed by atoms with Gasteiger partial charge in [-0.2, -0.15) is 11.8 Å². The molecule has 1 N–H and O–H groups in total. The zero-order chi connectivity index (χ0) is 16.1. The van der Waals surface area contributed by atoms with E-state index >= 15 is 0 Å². The van der Waals surface area contributed by atoms with Crippen molar-refractivity contribution < 1.29 is 0 Å². The molecule has 0 aromatic carbocycles. The molecule has 3 rings (SSSR count). The molecule has 0 radical (unpaired) electrons. The van der Waals surface area contributed by atoms with Gasteiger partial charge in [0.05, 0.1) is 17.2 Å². The Bertz CT molecular complexity index is 529. The molecule has 0 unspecified atom stereocenters. The number of nitrogens with zero attached hydrogens (tertiary/aromatic N) is 3. The van der Waals surface area contributed by atoms with Crippen LogP contribution in [0.2, 0.25) is 0 Å². The van der Waals surface area contributed by atoms with Crippen LogP contribution in [0.4, 0.5) is 0 Å². The Morgan fingerprint density at radius 2 is 2.22 bits per heavy atom. The zero-order valence-electron chi connectivity index (χ0n) is 14.3. The first-order chi connectivity index (χ1) is 11.2. The van der Waals surface area contributed by atoms with Crippen molar-refractivity contribution in [3.8, 4) is 0 Å². The quantitative estimate of drug-likeness (QED) is 0.667. The molecule has 1 aromatic rings. The summed E-state index contributed by atoms with van der Waals surface area (Å²) in [6.07, 6.45) is 7.97. The summed E-state index contributed by atoms with van der Waals surface area (Å²) in [5.74, 6) is 2.26. The van der Waals surface area contributed by atoms with Crippen LogP contribution in [-0.2, 0) is 13.0 Å². The first-order valence-electron chi connectivity index (χ1n) is 8.77. The molecule has 1 spiro atoms. The lowest BCUT2D eigenvalue weighted by Crippen LogP contribution is -2.53. The molecular formula is C17H28N4S2. The van der Waals surface area contributed by atoms with Crippen LogP contribution in [0.5, 0.6) is 0 Å². The van der Waals surface area contributed by atoms with Gasteiger partial charge in [-0.3, -0.25) is 4.99 Å². The summed E-state index contributed by atoms with van der Waals surface area (Å²) >= 11 is 3.96. The molecule has 0 atom stereocenters. The molecule has 2 fully saturated rings. The number of aryl methyl sites for hydroxylation is 1. The molecule has 1 aliphatic carbocycles. The first-order valence-corrected chi connectivity index (χ1v) is 10.6. The van der Waals surface area contributed by atoms with Gasteiger partial charge in [0, 0.05) is 36.0 Å². The Morgan fingerprint density at radius 3 is 2.91 bits per heavy atom. The standard InChI is InChI=1S/C17H28N4S2/c1-3-15-20-14(12-22-15)11-19-16(18-2)21-9-10-23-17(13-21)7-5-4-6-8-17/h12H,3-11,13H2,1-2H3,(H,18,19). The highest BCUT2D eigenvalue weighted by molar-refractivity contribution is 8.00. The number of hydrogen-bond acceptors (Lipinski definition) is 4. The van der Waals surface area contributed by atoms with Crippen molar-refractivity contribution in [2.45, 2.75) is 56.7 Å². The molecule has 1 saturated heterocycles. The number of hydrogen-bond donors (Lipinski definition) is 1. The fraction of sp³-hybridized carbons (Fsp3) is 0.765. The summed E-state index contributed by atoms with van der Waals surface area (Å²) in [4.78, 5) is 11.6.